The topological polar surface area (TPSA) is 330 Å². The standard InChI is InChI=1S/C35H39NO12.C19H17Br2NO2.C8H12O5.2CH4.HI/c1-46-34(45)36-12-10-35(11-13-36)22-14-18(4-8-24-28(39)32(43)30(41)26(16-37)47-24)2-6-20(22)21-7-3-19(15-23(21)35)5-9-25-29(40)33(44)31(42)27(17-38)48-25;1-24-18(23)22-8-6-19(7-9-22)16-10-12(20)2-4-14(16)15-5-3-13(21)11-17(15)19;1-2-4-6(10)8(12)7(11)5(3-9)13-4;;;/h2-3,6-7,14-15,24-33,37-44H,10-13,16-17H2,1H3;2-5,10-11H,6-9H2,1H3;1,4-12H,3H2;2*1H4;1H/t24-,25-,26-,27-,28-,29-,30-,31-,32-,33-;;4-,5-,6-,7-,8-;;;/m1.1.../s1. The van der Waals surface area contributed by atoms with E-state index in [1.807, 2.05) is 36.4 Å². The SMILES string of the molecule is C.C.C#C[C@H]1O[C@H](CO)[C@@H](O)[C@H](O)[C@@H]1O.COC(=O)N1CCC2(CC1)c1cc(Br)ccc1-c1ccc(Br)cc12.COC(=O)N1CCC2(CC1)c1cc(C#C[C@H]3O[C@H](CO)[C@@H](O)[C@H](O)[C@@H]3O)ccc1-c1ccc(C#C[C@H]3O[C@H](CO)[C@@H](O)[C@H](O)[C@@H]3O)cc12.I. The van der Waals surface area contributed by atoms with E-state index in [9.17, 15) is 65.8 Å². The van der Waals surface area contributed by atoms with Crippen LogP contribution in [0.5, 0.6) is 0 Å². The van der Waals surface area contributed by atoms with E-state index in [4.69, 9.17) is 35.2 Å². The van der Waals surface area contributed by atoms with E-state index in [1.165, 1.54) is 36.5 Å². The van der Waals surface area contributed by atoms with Crippen LogP contribution in [0.25, 0.3) is 22.3 Å². The van der Waals surface area contributed by atoms with Crippen LogP contribution in [0.2, 0.25) is 0 Å². The van der Waals surface area contributed by atoms with Crippen LogP contribution in [0.4, 0.5) is 9.59 Å². The second-order valence-electron chi connectivity index (χ2n) is 21.9. The number of nitrogens with zero attached hydrogens (tertiary/aromatic N) is 2. The number of carbonyl (C=O) groups excluding carboxylic acids is 2. The highest BCUT2D eigenvalue weighted by atomic mass is 127. The van der Waals surface area contributed by atoms with E-state index in [2.05, 4.69) is 97.9 Å². The number of terminal acetylenes is 1. The highest BCUT2D eigenvalue weighted by Gasteiger charge is 2.49. The van der Waals surface area contributed by atoms with Crippen molar-refractivity contribution in [2.75, 3.05) is 60.2 Å². The van der Waals surface area contributed by atoms with Gasteiger partial charge < -0.3 is 94.8 Å². The number of carbonyl (C=O) groups is 2. The summed E-state index contributed by atoms with van der Waals surface area (Å²) < 4.78 is 28.1. The molecule has 0 radical (unpaired) electrons. The fourth-order valence-electron chi connectivity index (χ4n) is 12.6. The number of hydrogen-bond acceptors (Lipinski definition) is 19. The van der Waals surface area contributed by atoms with E-state index in [-0.39, 0.29) is 50.3 Å². The van der Waals surface area contributed by atoms with Gasteiger partial charge in [0.15, 0.2) is 0 Å². The molecule has 7 aliphatic rings. The Morgan fingerprint density at radius 1 is 0.500 bits per heavy atom. The van der Waals surface area contributed by atoms with Crippen molar-refractivity contribution in [3.8, 4) is 58.3 Å². The molecule has 2 aliphatic carbocycles. The van der Waals surface area contributed by atoms with Crippen LogP contribution < -0.4 is 0 Å². The van der Waals surface area contributed by atoms with Crippen molar-refractivity contribution in [3.05, 3.63) is 115 Å². The molecule has 15 atom stereocenters. The average Bonchev–Trinajstić information content (AvgIpc) is 1.58. The van der Waals surface area contributed by atoms with Crippen molar-refractivity contribution in [2.24, 2.45) is 0 Å². The Morgan fingerprint density at radius 3 is 1.10 bits per heavy atom. The van der Waals surface area contributed by atoms with Crippen molar-refractivity contribution in [1.82, 2.24) is 9.80 Å². The van der Waals surface area contributed by atoms with Crippen molar-refractivity contribution >= 4 is 68.0 Å². The zero-order valence-electron chi connectivity index (χ0n) is 46.7. The maximum Gasteiger partial charge on any atom is 0.409 e. The lowest BCUT2D eigenvalue weighted by Gasteiger charge is -2.40. The summed E-state index contributed by atoms with van der Waals surface area (Å²) in [4.78, 5) is 27.7. The number of halogens is 3. The molecular weight excluding hydrogens is 1390 g/mol. The number of ether oxygens (including phenoxy) is 5. The molecule has 11 rings (SSSR count). The minimum atomic E-state index is -1.54. The molecule has 5 fully saturated rings. The van der Waals surface area contributed by atoms with E-state index < -0.39 is 123 Å². The molecule has 5 saturated heterocycles. The number of benzene rings is 4. The number of rotatable bonds is 3. The molecule has 4 aromatic rings. The van der Waals surface area contributed by atoms with Gasteiger partial charge in [-0.2, -0.15) is 0 Å². The molecule has 0 bridgehead atoms. The average molecular weight is 1470 g/mol. The highest BCUT2D eigenvalue weighted by Crippen LogP contribution is 2.56. The lowest BCUT2D eigenvalue weighted by molar-refractivity contribution is -0.214. The van der Waals surface area contributed by atoms with Gasteiger partial charge in [0, 0.05) is 57.1 Å². The van der Waals surface area contributed by atoms with Crippen molar-refractivity contribution in [3.63, 3.8) is 0 Å². The molecule has 2 spiro atoms. The highest BCUT2D eigenvalue weighted by molar-refractivity contribution is 14.0. The zero-order valence-corrected chi connectivity index (χ0v) is 52.2. The summed E-state index contributed by atoms with van der Waals surface area (Å²) in [5, 5.41) is 117. The monoisotopic (exact) mass is 1460 g/mol. The number of fused-ring (bicyclic) bond motifs is 10. The van der Waals surface area contributed by atoms with Crippen molar-refractivity contribution in [1.29, 1.82) is 0 Å². The minimum Gasteiger partial charge on any atom is -0.453 e. The van der Waals surface area contributed by atoms with Gasteiger partial charge in [-0.15, -0.1) is 30.4 Å². The third-order valence-corrected chi connectivity index (χ3v) is 18.3. The summed E-state index contributed by atoms with van der Waals surface area (Å²) in [6.45, 7) is 0.707. The maximum atomic E-state index is 12.4. The van der Waals surface area contributed by atoms with Crippen LogP contribution >= 0.6 is 55.8 Å². The first kappa shape index (κ1) is 72.3. The first-order chi connectivity index (χ1) is 40.7. The van der Waals surface area contributed by atoms with Crippen molar-refractivity contribution in [2.45, 2.75) is 143 Å². The number of methoxy groups -OCH3 is 2. The number of hydrogen-bond donors (Lipinski definition) is 12. The Balaban J connectivity index is 0.000000255. The minimum absolute atomic E-state index is 0. The van der Waals surface area contributed by atoms with Crippen LogP contribution in [0.3, 0.4) is 0 Å². The number of aliphatic hydroxyl groups excluding tert-OH is 12. The molecule has 2 amide bonds. The van der Waals surface area contributed by atoms with Crippen LogP contribution in [0.15, 0.2) is 81.7 Å². The first-order valence-corrected chi connectivity index (χ1v) is 29.2. The second-order valence-corrected chi connectivity index (χ2v) is 23.8. The van der Waals surface area contributed by atoms with Gasteiger partial charge in [-0.1, -0.05) is 101 Å². The van der Waals surface area contributed by atoms with E-state index in [0.717, 1.165) is 44.0 Å². The smallest absolute Gasteiger partial charge is 0.409 e. The Labute approximate surface area is 545 Å². The summed E-state index contributed by atoms with van der Waals surface area (Å²) in [6, 6.07) is 24.6. The molecule has 4 aromatic carbocycles. The van der Waals surface area contributed by atoms with Crippen LogP contribution in [-0.2, 0) is 34.5 Å². The molecule has 24 heteroatoms. The van der Waals surface area contributed by atoms with E-state index in [0.29, 0.717) is 50.1 Å². The molecule has 88 heavy (non-hydrogen) atoms. The maximum absolute atomic E-state index is 12.4. The van der Waals surface area contributed by atoms with Gasteiger partial charge in [-0.25, -0.2) is 9.59 Å². The Kier molecular flexibility index (Phi) is 25.1. The fourth-order valence-corrected chi connectivity index (χ4v) is 13.3. The number of aliphatic hydroxyl groups is 12. The van der Waals surface area contributed by atoms with Gasteiger partial charge >= 0.3 is 12.2 Å². The van der Waals surface area contributed by atoms with Gasteiger partial charge in [-0.3, -0.25) is 0 Å². The van der Waals surface area contributed by atoms with Crippen LogP contribution in [0, 0.1) is 36.0 Å². The molecule has 5 aliphatic heterocycles. The molecule has 0 aromatic heterocycles. The molecule has 478 valence electrons. The molecule has 5 heterocycles. The summed E-state index contributed by atoms with van der Waals surface area (Å²) in [6.07, 6.45) is -12.1. The van der Waals surface area contributed by atoms with E-state index in [1.54, 1.807) is 9.80 Å². The van der Waals surface area contributed by atoms with Gasteiger partial charge in [-0.05, 0) is 119 Å². The first-order valence-electron chi connectivity index (χ1n) is 27.7. The second kappa shape index (κ2) is 30.5. The van der Waals surface area contributed by atoms with Gasteiger partial charge in [0.2, 0.25) is 0 Å². The van der Waals surface area contributed by atoms with Crippen molar-refractivity contribution < 1.29 is 94.6 Å². The lowest BCUT2D eigenvalue weighted by atomic mass is 9.70. The number of piperidine rings is 2. The summed E-state index contributed by atoms with van der Waals surface area (Å²) in [7, 11) is 2.79. The Hall–Kier alpha value is -4.81. The number of likely N-dealkylation sites (tertiary alicyclic amines) is 2. The quantitative estimate of drug-likeness (QED) is 0.104. The summed E-state index contributed by atoms with van der Waals surface area (Å²) in [5.41, 5.74) is 9.95. The van der Waals surface area contributed by atoms with Gasteiger partial charge in [0.25, 0.3) is 0 Å². The Bertz CT molecular complexity index is 3110. The third kappa shape index (κ3) is 14.0. The Morgan fingerprint density at radius 2 is 0.795 bits per heavy atom. The van der Waals surface area contributed by atoms with Crippen LogP contribution in [0.1, 0.15) is 73.9 Å². The third-order valence-electron chi connectivity index (χ3n) is 17.3. The molecule has 0 saturated carbocycles. The molecular formula is C64H77Br2IN2O19. The summed E-state index contributed by atoms with van der Waals surface area (Å²) >= 11 is 7.25. The van der Waals surface area contributed by atoms with E-state index >= 15 is 0 Å². The van der Waals surface area contributed by atoms with Gasteiger partial charge in [0.1, 0.15) is 91.6 Å². The lowest BCUT2D eigenvalue weighted by Crippen LogP contribution is -2.58. The predicted octanol–water partition coefficient (Wildman–Crippen LogP) is 2.90. The largest absolute Gasteiger partial charge is 0.453 e. The molecule has 21 nitrogen and oxygen atoms in total. The zero-order chi connectivity index (χ0) is 61.2. The fraction of sp³-hybridized carbons (Fsp3) is 0.500. The normalized spacial score (nSPS) is 29.8. The molecule has 0 unspecified atom stereocenters. The van der Waals surface area contributed by atoms with Gasteiger partial charge in [0.05, 0.1) is 34.0 Å². The predicted molar refractivity (Wildman–Crippen MR) is 340 cm³/mol. The van der Waals surface area contributed by atoms with Crippen LogP contribution in [-0.4, -0.2) is 235 Å². The number of amides is 2. The summed E-state index contributed by atoms with van der Waals surface area (Å²) in [5.74, 6) is 13.8. The molecule has 12 N–H and O–H groups in total.